The predicted molar refractivity (Wildman–Crippen MR) is 54.5 cm³/mol. The third kappa shape index (κ3) is 2.42. The van der Waals surface area contributed by atoms with Crippen LogP contribution in [0.15, 0.2) is 12.1 Å². The highest BCUT2D eigenvalue weighted by Crippen LogP contribution is 2.26. The fraction of sp³-hybridized carbons (Fsp3) is 0.125. The number of carbonyl (C=O) groups excluding carboxylic acids is 1. The van der Waals surface area contributed by atoms with E-state index in [1.54, 1.807) is 0 Å². The van der Waals surface area contributed by atoms with Crippen molar-refractivity contribution in [3.63, 3.8) is 0 Å². The molecule has 0 saturated carbocycles. The Hall–Kier alpha value is -0.120. The zero-order valence-electron chi connectivity index (χ0n) is 6.28. The highest BCUT2D eigenvalue weighted by atomic mass is 79.9. The molecule has 0 atom stereocenters. The van der Waals surface area contributed by atoms with E-state index in [1.807, 2.05) is 0 Å². The van der Waals surface area contributed by atoms with Crippen molar-refractivity contribution in [1.82, 2.24) is 0 Å². The Labute approximate surface area is 93.0 Å². The van der Waals surface area contributed by atoms with Gasteiger partial charge in [-0.15, -0.1) is 0 Å². The summed E-state index contributed by atoms with van der Waals surface area (Å²) in [5.74, 6) is -0.823. The van der Waals surface area contributed by atoms with Gasteiger partial charge in [-0.25, -0.2) is 4.39 Å². The molecule has 13 heavy (non-hydrogen) atoms. The normalized spacial score (nSPS) is 10.2. The van der Waals surface area contributed by atoms with E-state index in [-0.39, 0.29) is 26.7 Å². The van der Waals surface area contributed by atoms with Crippen LogP contribution in [0.2, 0.25) is 10.0 Å². The van der Waals surface area contributed by atoms with Crippen LogP contribution in [0.4, 0.5) is 4.39 Å². The first-order valence-electron chi connectivity index (χ1n) is 3.30. The highest BCUT2D eigenvalue weighted by molar-refractivity contribution is 9.09. The lowest BCUT2D eigenvalue weighted by Gasteiger charge is -2.03. The molecule has 0 aliphatic carbocycles. The lowest BCUT2D eigenvalue weighted by Crippen LogP contribution is -2.02. The van der Waals surface area contributed by atoms with Gasteiger partial charge in [-0.05, 0) is 12.1 Å². The first-order chi connectivity index (χ1) is 6.06. The topological polar surface area (TPSA) is 17.1 Å². The summed E-state index contributed by atoms with van der Waals surface area (Å²) in [5, 5.41) is 0.182. The molecule has 0 spiro atoms. The van der Waals surface area contributed by atoms with E-state index in [0.29, 0.717) is 0 Å². The Kier molecular flexibility index (Phi) is 3.71. The first-order valence-corrected chi connectivity index (χ1v) is 5.17. The fourth-order valence-corrected chi connectivity index (χ4v) is 1.83. The molecule has 0 fully saturated rings. The molecular weight excluding hydrogens is 282 g/mol. The molecule has 0 radical (unpaired) electrons. The second kappa shape index (κ2) is 4.40. The minimum atomic E-state index is -0.555. The van der Waals surface area contributed by atoms with Crippen molar-refractivity contribution < 1.29 is 9.18 Å². The molecule has 0 aliphatic rings. The number of Topliss-reactive ketones (excluding diaryl/α,β-unsaturated/α-hetero) is 1. The fourth-order valence-electron chi connectivity index (χ4n) is 0.875. The Bertz CT molecular complexity index is 331. The third-order valence-electron chi connectivity index (χ3n) is 1.41. The maximum absolute atomic E-state index is 12.7. The number of carbonyl (C=O) groups is 1. The molecule has 0 unspecified atom stereocenters. The lowest BCUT2D eigenvalue weighted by molar-refractivity contribution is 0.102. The second-order valence-corrected chi connectivity index (χ2v) is 3.68. The van der Waals surface area contributed by atoms with E-state index in [0.717, 1.165) is 12.1 Å². The van der Waals surface area contributed by atoms with Gasteiger partial charge in [0, 0.05) is 0 Å². The smallest absolute Gasteiger partial charge is 0.176 e. The first kappa shape index (κ1) is 11.0. The van der Waals surface area contributed by atoms with Gasteiger partial charge in [0.25, 0.3) is 0 Å². The zero-order valence-corrected chi connectivity index (χ0v) is 9.38. The van der Waals surface area contributed by atoms with Crippen LogP contribution in [0.1, 0.15) is 10.4 Å². The Morgan fingerprint density at radius 3 is 2.23 bits per heavy atom. The number of alkyl halides is 1. The van der Waals surface area contributed by atoms with Crippen molar-refractivity contribution in [1.29, 1.82) is 0 Å². The number of hydrogen-bond donors (Lipinski definition) is 0. The van der Waals surface area contributed by atoms with Crippen LogP contribution in [0, 0.1) is 5.82 Å². The van der Waals surface area contributed by atoms with Crippen molar-refractivity contribution in [2.75, 3.05) is 5.33 Å². The molecule has 1 aromatic carbocycles. The molecule has 0 amide bonds. The van der Waals surface area contributed by atoms with Gasteiger partial charge < -0.3 is 0 Å². The molecule has 0 aliphatic heterocycles. The average molecular weight is 286 g/mol. The van der Waals surface area contributed by atoms with E-state index < -0.39 is 5.82 Å². The largest absolute Gasteiger partial charge is 0.293 e. The molecule has 0 N–H and O–H groups in total. The maximum atomic E-state index is 12.7. The average Bonchev–Trinajstić information content (AvgIpc) is 2.02. The number of hydrogen-bond acceptors (Lipinski definition) is 1. The monoisotopic (exact) mass is 284 g/mol. The Morgan fingerprint density at radius 2 is 1.85 bits per heavy atom. The molecule has 5 heteroatoms. The van der Waals surface area contributed by atoms with Gasteiger partial charge in [0.2, 0.25) is 0 Å². The molecule has 0 saturated heterocycles. The minimum absolute atomic E-state index is 0.0365. The Balaban J connectivity index is 3.28. The predicted octanol–water partition coefficient (Wildman–Crippen LogP) is 3.71. The quantitative estimate of drug-likeness (QED) is 0.598. The van der Waals surface area contributed by atoms with E-state index in [9.17, 15) is 9.18 Å². The van der Waals surface area contributed by atoms with Crippen molar-refractivity contribution in [3.8, 4) is 0 Å². The molecule has 0 heterocycles. The summed E-state index contributed by atoms with van der Waals surface area (Å²) in [6.45, 7) is 0. The van der Waals surface area contributed by atoms with Crippen LogP contribution < -0.4 is 0 Å². The van der Waals surface area contributed by atoms with E-state index in [1.165, 1.54) is 0 Å². The van der Waals surface area contributed by atoms with E-state index >= 15 is 0 Å². The van der Waals surface area contributed by atoms with Crippen molar-refractivity contribution in [3.05, 3.63) is 33.6 Å². The number of halogens is 4. The van der Waals surface area contributed by atoms with Gasteiger partial charge in [0.05, 0.1) is 20.9 Å². The molecule has 1 rings (SSSR count). The summed E-state index contributed by atoms with van der Waals surface area (Å²) < 4.78 is 12.7. The van der Waals surface area contributed by atoms with Gasteiger partial charge >= 0.3 is 0 Å². The summed E-state index contributed by atoms with van der Waals surface area (Å²) >= 11 is 14.3. The van der Waals surface area contributed by atoms with Crippen LogP contribution in [0.3, 0.4) is 0 Å². The van der Waals surface area contributed by atoms with Gasteiger partial charge in [-0.1, -0.05) is 39.1 Å². The Morgan fingerprint density at radius 1 is 1.38 bits per heavy atom. The van der Waals surface area contributed by atoms with Crippen molar-refractivity contribution in [2.24, 2.45) is 0 Å². The second-order valence-electron chi connectivity index (χ2n) is 2.30. The molecule has 1 nitrogen and oxygen atoms in total. The summed E-state index contributed by atoms with van der Waals surface area (Å²) in [5.41, 5.74) is 0.154. The molecule has 1 aromatic rings. The number of rotatable bonds is 2. The van der Waals surface area contributed by atoms with Crippen LogP contribution in [0.5, 0.6) is 0 Å². The SMILES string of the molecule is O=C(CBr)c1c(Cl)cc(F)cc1Cl. The number of benzene rings is 1. The van der Waals surface area contributed by atoms with Gasteiger partial charge in [-0.2, -0.15) is 0 Å². The van der Waals surface area contributed by atoms with Crippen LogP contribution in [-0.2, 0) is 0 Å². The molecule has 70 valence electrons. The summed E-state index contributed by atoms with van der Waals surface area (Å²) in [6, 6.07) is 2.12. The van der Waals surface area contributed by atoms with Crippen LogP contribution in [0.25, 0.3) is 0 Å². The van der Waals surface area contributed by atoms with E-state index in [2.05, 4.69) is 15.9 Å². The molecule has 0 aromatic heterocycles. The van der Waals surface area contributed by atoms with Gasteiger partial charge in [0.1, 0.15) is 5.82 Å². The summed E-state index contributed by atoms with van der Waals surface area (Å²) in [6.07, 6.45) is 0. The van der Waals surface area contributed by atoms with E-state index in [4.69, 9.17) is 23.2 Å². The van der Waals surface area contributed by atoms with Crippen LogP contribution in [-0.4, -0.2) is 11.1 Å². The van der Waals surface area contributed by atoms with Crippen molar-refractivity contribution >= 4 is 44.9 Å². The lowest BCUT2D eigenvalue weighted by atomic mass is 10.1. The maximum Gasteiger partial charge on any atom is 0.176 e. The van der Waals surface area contributed by atoms with Crippen molar-refractivity contribution in [2.45, 2.75) is 0 Å². The zero-order chi connectivity index (χ0) is 10.0. The number of ketones is 1. The minimum Gasteiger partial charge on any atom is -0.293 e. The third-order valence-corrected chi connectivity index (χ3v) is 2.51. The summed E-state index contributed by atoms with van der Waals surface area (Å²) in [4.78, 5) is 11.2. The van der Waals surface area contributed by atoms with Gasteiger partial charge in [0.15, 0.2) is 5.78 Å². The summed E-state index contributed by atoms with van der Waals surface area (Å²) in [7, 11) is 0. The molecule has 0 bridgehead atoms. The highest BCUT2D eigenvalue weighted by Gasteiger charge is 2.14. The van der Waals surface area contributed by atoms with Crippen LogP contribution >= 0.6 is 39.1 Å². The molecular formula is C8H4BrCl2FO. The standard InChI is InChI=1S/C8H4BrCl2FO/c9-3-7(13)8-5(10)1-4(12)2-6(8)11/h1-2H,3H2. The van der Waals surface area contributed by atoms with Gasteiger partial charge in [-0.3, -0.25) is 4.79 Å².